The first kappa shape index (κ1) is 16.1. The molecule has 0 heterocycles. The second-order valence-corrected chi connectivity index (χ2v) is 4.86. The van der Waals surface area contributed by atoms with Gasteiger partial charge in [0.2, 0.25) is 0 Å². The van der Waals surface area contributed by atoms with Crippen LogP contribution in [-0.2, 0) is 4.79 Å². The van der Waals surface area contributed by atoms with E-state index in [-0.39, 0.29) is 18.6 Å². The van der Waals surface area contributed by atoms with Crippen LogP contribution in [0, 0.1) is 13.8 Å². The molecule has 2 N–H and O–H groups in total. The van der Waals surface area contributed by atoms with E-state index in [2.05, 4.69) is 11.9 Å². The molecule has 4 heteroatoms. The third-order valence-electron chi connectivity index (χ3n) is 3.12. The third-order valence-corrected chi connectivity index (χ3v) is 3.12. The molecule has 0 amide bonds. The largest absolute Gasteiger partial charge is 0.481 e. The number of carboxylic acid groups (broad SMARTS) is 1. The van der Waals surface area contributed by atoms with Crippen molar-refractivity contribution in [2.24, 2.45) is 0 Å². The number of hydrogen-bond acceptors (Lipinski definition) is 3. The molecule has 0 fully saturated rings. The fourth-order valence-corrected chi connectivity index (χ4v) is 2.10. The predicted molar refractivity (Wildman–Crippen MR) is 79.1 cm³/mol. The predicted octanol–water partition coefficient (Wildman–Crippen LogP) is 2.50. The molecule has 1 rings (SSSR count). The molecular weight excluding hydrogens is 254 g/mol. The lowest BCUT2D eigenvalue weighted by atomic mass is 9.95. The highest BCUT2D eigenvalue weighted by molar-refractivity contribution is 6.01. The van der Waals surface area contributed by atoms with E-state index in [1.807, 2.05) is 26.0 Å². The van der Waals surface area contributed by atoms with E-state index in [4.69, 9.17) is 5.11 Å². The molecule has 1 aromatic carbocycles. The van der Waals surface area contributed by atoms with Crippen molar-refractivity contribution in [1.82, 2.24) is 5.32 Å². The van der Waals surface area contributed by atoms with Gasteiger partial charge in [-0.25, -0.2) is 0 Å². The smallest absolute Gasteiger partial charge is 0.303 e. The van der Waals surface area contributed by atoms with E-state index in [1.165, 1.54) is 0 Å². The number of carboxylic acids is 1. The number of hydrogen-bond donors (Lipinski definition) is 2. The van der Waals surface area contributed by atoms with Gasteiger partial charge in [-0.2, -0.15) is 0 Å². The maximum atomic E-state index is 12.5. The van der Waals surface area contributed by atoms with E-state index < -0.39 is 12.0 Å². The first-order valence-corrected chi connectivity index (χ1v) is 6.63. The minimum Gasteiger partial charge on any atom is -0.481 e. The molecule has 1 aromatic rings. The van der Waals surface area contributed by atoms with Crippen LogP contribution < -0.4 is 5.32 Å². The van der Waals surface area contributed by atoms with Gasteiger partial charge >= 0.3 is 5.97 Å². The van der Waals surface area contributed by atoms with E-state index in [0.717, 1.165) is 11.1 Å². The zero-order chi connectivity index (χ0) is 15.1. The molecule has 0 spiro atoms. The van der Waals surface area contributed by atoms with Crippen LogP contribution in [0.15, 0.2) is 30.9 Å². The second kappa shape index (κ2) is 7.60. The van der Waals surface area contributed by atoms with E-state index in [0.29, 0.717) is 12.1 Å². The van der Waals surface area contributed by atoms with Crippen LogP contribution in [0.2, 0.25) is 0 Å². The molecule has 0 aromatic heterocycles. The number of benzene rings is 1. The summed E-state index contributed by atoms with van der Waals surface area (Å²) in [6.45, 7) is 7.93. The number of aryl methyl sites for hydroxylation is 2. The molecule has 0 saturated heterocycles. The molecule has 1 atom stereocenters. The Kier molecular flexibility index (Phi) is 6.12. The van der Waals surface area contributed by atoms with Gasteiger partial charge in [0.1, 0.15) is 0 Å². The lowest BCUT2D eigenvalue weighted by Gasteiger charge is -2.17. The molecule has 0 aliphatic carbocycles. The van der Waals surface area contributed by atoms with Gasteiger partial charge in [-0.15, -0.1) is 6.58 Å². The highest BCUT2D eigenvalue weighted by Crippen LogP contribution is 2.15. The summed E-state index contributed by atoms with van der Waals surface area (Å²) in [5, 5.41) is 11.8. The molecule has 1 unspecified atom stereocenters. The fraction of sp³-hybridized carbons (Fsp3) is 0.375. The number of aliphatic carboxylic acids is 1. The SMILES string of the molecule is C=CCNC(CCC(=O)O)C(=O)c1ccc(C)cc1C. The molecular formula is C16H21NO3. The van der Waals surface area contributed by atoms with E-state index in [9.17, 15) is 9.59 Å². The Bertz CT molecular complexity index is 508. The van der Waals surface area contributed by atoms with Crippen LogP contribution in [0.25, 0.3) is 0 Å². The van der Waals surface area contributed by atoms with Gasteiger partial charge in [0.05, 0.1) is 6.04 Å². The van der Waals surface area contributed by atoms with Crippen LogP contribution in [0.3, 0.4) is 0 Å². The topological polar surface area (TPSA) is 66.4 Å². The maximum Gasteiger partial charge on any atom is 0.303 e. The fourth-order valence-electron chi connectivity index (χ4n) is 2.10. The summed E-state index contributed by atoms with van der Waals surface area (Å²) in [5.41, 5.74) is 2.65. The average Bonchev–Trinajstić information content (AvgIpc) is 2.38. The third kappa shape index (κ3) is 4.63. The first-order chi connectivity index (χ1) is 9.45. The molecule has 0 aliphatic heterocycles. The summed E-state index contributed by atoms with van der Waals surface area (Å²) >= 11 is 0. The minimum atomic E-state index is -0.899. The second-order valence-electron chi connectivity index (χ2n) is 4.86. The van der Waals surface area contributed by atoms with Crippen LogP contribution in [0.5, 0.6) is 0 Å². The summed E-state index contributed by atoms with van der Waals surface area (Å²) in [6, 6.07) is 5.15. The Morgan fingerprint density at radius 2 is 2.10 bits per heavy atom. The van der Waals surface area contributed by atoms with Gasteiger partial charge in [-0.1, -0.05) is 29.8 Å². The van der Waals surface area contributed by atoms with Crippen molar-refractivity contribution >= 4 is 11.8 Å². The number of ketones is 1. The molecule has 0 aliphatic rings. The number of rotatable bonds is 8. The number of Topliss-reactive ketones (excluding diaryl/α,β-unsaturated/α-hetero) is 1. The van der Waals surface area contributed by atoms with Crippen LogP contribution in [0.1, 0.15) is 34.3 Å². The summed E-state index contributed by atoms with van der Waals surface area (Å²) in [6.07, 6.45) is 1.89. The Morgan fingerprint density at radius 3 is 2.65 bits per heavy atom. The Labute approximate surface area is 119 Å². The van der Waals surface area contributed by atoms with Crippen molar-refractivity contribution in [3.63, 3.8) is 0 Å². The Balaban J connectivity index is 2.90. The zero-order valence-electron chi connectivity index (χ0n) is 12.0. The molecule has 108 valence electrons. The van der Waals surface area contributed by atoms with Crippen molar-refractivity contribution in [1.29, 1.82) is 0 Å². The van der Waals surface area contributed by atoms with Crippen LogP contribution in [0.4, 0.5) is 0 Å². The Hall–Kier alpha value is -1.94. The lowest BCUT2D eigenvalue weighted by molar-refractivity contribution is -0.137. The summed E-state index contributed by atoms with van der Waals surface area (Å²) in [7, 11) is 0. The van der Waals surface area contributed by atoms with Gasteiger partial charge in [0, 0.05) is 18.5 Å². The Morgan fingerprint density at radius 1 is 1.40 bits per heavy atom. The molecule has 20 heavy (non-hydrogen) atoms. The maximum absolute atomic E-state index is 12.5. The summed E-state index contributed by atoms with van der Waals surface area (Å²) < 4.78 is 0. The monoisotopic (exact) mass is 275 g/mol. The molecule has 0 saturated carbocycles. The van der Waals surface area contributed by atoms with Gasteiger partial charge in [-0.3, -0.25) is 9.59 Å². The van der Waals surface area contributed by atoms with Crippen molar-refractivity contribution < 1.29 is 14.7 Å². The number of nitrogens with one attached hydrogen (secondary N) is 1. The van der Waals surface area contributed by atoms with Gasteiger partial charge < -0.3 is 10.4 Å². The van der Waals surface area contributed by atoms with Crippen molar-refractivity contribution in [2.75, 3.05) is 6.54 Å². The van der Waals surface area contributed by atoms with Gasteiger partial charge in [0.25, 0.3) is 0 Å². The summed E-state index contributed by atoms with van der Waals surface area (Å²) in [5.74, 6) is -0.963. The highest BCUT2D eigenvalue weighted by atomic mass is 16.4. The van der Waals surface area contributed by atoms with Crippen LogP contribution >= 0.6 is 0 Å². The average molecular weight is 275 g/mol. The van der Waals surface area contributed by atoms with Gasteiger partial charge in [-0.05, 0) is 25.8 Å². The number of carbonyl (C=O) groups is 2. The van der Waals surface area contributed by atoms with Crippen molar-refractivity contribution in [3.8, 4) is 0 Å². The van der Waals surface area contributed by atoms with Crippen molar-refractivity contribution in [3.05, 3.63) is 47.5 Å². The molecule has 0 radical (unpaired) electrons. The van der Waals surface area contributed by atoms with Crippen molar-refractivity contribution in [2.45, 2.75) is 32.7 Å². The lowest BCUT2D eigenvalue weighted by Crippen LogP contribution is -2.37. The van der Waals surface area contributed by atoms with Crippen LogP contribution in [-0.4, -0.2) is 29.4 Å². The standard InChI is InChI=1S/C16H21NO3/c1-4-9-17-14(7-8-15(18)19)16(20)13-6-5-11(2)10-12(13)3/h4-6,10,14,17H,1,7-9H2,2-3H3,(H,18,19). The molecule has 4 nitrogen and oxygen atoms in total. The van der Waals surface area contributed by atoms with E-state index in [1.54, 1.807) is 12.1 Å². The van der Waals surface area contributed by atoms with Gasteiger partial charge in [0.15, 0.2) is 5.78 Å². The zero-order valence-corrected chi connectivity index (χ0v) is 12.0. The minimum absolute atomic E-state index is 0.0363. The normalized spacial score (nSPS) is 11.9. The highest BCUT2D eigenvalue weighted by Gasteiger charge is 2.21. The van der Waals surface area contributed by atoms with E-state index >= 15 is 0 Å². The number of carbonyl (C=O) groups excluding carboxylic acids is 1. The summed E-state index contributed by atoms with van der Waals surface area (Å²) in [4.78, 5) is 23.2. The quantitative estimate of drug-likeness (QED) is 0.565. The first-order valence-electron chi connectivity index (χ1n) is 6.63. The molecule has 0 bridgehead atoms.